The molecule has 0 N–H and O–H groups in total. The zero-order valence-corrected chi connectivity index (χ0v) is 18.5. The van der Waals surface area contributed by atoms with Gasteiger partial charge in [-0.25, -0.2) is 18.2 Å². The van der Waals surface area contributed by atoms with Crippen LogP contribution in [0.5, 0.6) is 0 Å². The second-order valence-electron chi connectivity index (χ2n) is 7.55. The van der Waals surface area contributed by atoms with Crippen molar-refractivity contribution in [3.05, 3.63) is 53.3 Å². The van der Waals surface area contributed by atoms with Gasteiger partial charge in [0.25, 0.3) is 0 Å². The van der Waals surface area contributed by atoms with Gasteiger partial charge in [0, 0.05) is 37.3 Å². The molecule has 1 atom stereocenters. The molecule has 2 aromatic rings. The molecular weight excluding hydrogens is 442 g/mol. The van der Waals surface area contributed by atoms with E-state index in [0.717, 1.165) is 5.56 Å². The lowest BCUT2D eigenvalue weighted by molar-refractivity contribution is -0.143. The van der Waals surface area contributed by atoms with E-state index in [2.05, 4.69) is 4.98 Å². The van der Waals surface area contributed by atoms with Gasteiger partial charge in [0.1, 0.15) is 16.1 Å². The van der Waals surface area contributed by atoms with Crippen LogP contribution in [0.4, 0.5) is 5.69 Å². The van der Waals surface area contributed by atoms with Crippen LogP contribution in [0, 0.1) is 5.92 Å². The van der Waals surface area contributed by atoms with Crippen molar-refractivity contribution in [2.75, 3.05) is 25.1 Å². The standard InChI is InChI=1S/C21H22ClN3O5S/c1-30-21(27)17-13-15-5-2-3-6-16(15)25(17)20(26)14-8-11-24(12-9-14)31(28,29)18-7-4-10-23-19(18)22/h2-7,10,14,17H,8-9,11-13H2,1H3. The Kier molecular flexibility index (Phi) is 6.00. The van der Waals surface area contributed by atoms with Crippen molar-refractivity contribution < 1.29 is 22.7 Å². The zero-order valence-electron chi connectivity index (χ0n) is 16.9. The largest absolute Gasteiger partial charge is 0.467 e. The number of sulfonamides is 1. The SMILES string of the molecule is COC(=O)C1Cc2ccccc2N1C(=O)C1CCN(S(=O)(=O)c2cccnc2Cl)CC1. The van der Waals surface area contributed by atoms with Gasteiger partial charge in [-0.3, -0.25) is 9.69 Å². The van der Waals surface area contributed by atoms with Crippen LogP contribution in [0.3, 0.4) is 0 Å². The fourth-order valence-electron chi connectivity index (χ4n) is 4.23. The lowest BCUT2D eigenvalue weighted by atomic mass is 9.96. The molecule has 1 unspecified atom stereocenters. The van der Waals surface area contributed by atoms with Crippen molar-refractivity contribution in [1.82, 2.24) is 9.29 Å². The number of ether oxygens (including phenoxy) is 1. The van der Waals surface area contributed by atoms with E-state index in [1.807, 2.05) is 24.3 Å². The van der Waals surface area contributed by atoms with Crippen molar-refractivity contribution in [3.8, 4) is 0 Å². The third-order valence-electron chi connectivity index (χ3n) is 5.83. The first kappa shape index (κ1) is 21.7. The maximum absolute atomic E-state index is 13.4. The van der Waals surface area contributed by atoms with E-state index in [1.54, 1.807) is 0 Å². The van der Waals surface area contributed by atoms with Crippen molar-refractivity contribution in [3.63, 3.8) is 0 Å². The highest BCUT2D eigenvalue weighted by Crippen LogP contribution is 2.36. The minimum Gasteiger partial charge on any atom is -0.467 e. The van der Waals surface area contributed by atoms with E-state index in [1.165, 1.54) is 34.6 Å². The molecule has 10 heteroatoms. The number of halogens is 1. The highest BCUT2D eigenvalue weighted by molar-refractivity contribution is 7.89. The van der Waals surface area contributed by atoms with E-state index in [4.69, 9.17) is 16.3 Å². The third-order valence-corrected chi connectivity index (χ3v) is 8.18. The molecular formula is C21H22ClN3O5S. The molecule has 8 nitrogen and oxygen atoms in total. The average molecular weight is 464 g/mol. The summed E-state index contributed by atoms with van der Waals surface area (Å²) in [4.78, 5) is 31.0. The molecule has 1 aromatic heterocycles. The minimum atomic E-state index is -3.80. The Morgan fingerprint density at radius 1 is 1.13 bits per heavy atom. The lowest BCUT2D eigenvalue weighted by Crippen LogP contribution is -2.49. The van der Waals surface area contributed by atoms with Crippen LogP contribution in [0.2, 0.25) is 5.15 Å². The number of carbonyl (C=O) groups excluding carboxylic acids is 2. The zero-order chi connectivity index (χ0) is 22.2. The monoisotopic (exact) mass is 463 g/mol. The van der Waals surface area contributed by atoms with Gasteiger partial charge >= 0.3 is 5.97 Å². The van der Waals surface area contributed by atoms with E-state index in [9.17, 15) is 18.0 Å². The van der Waals surface area contributed by atoms with Crippen molar-refractivity contribution in [2.45, 2.75) is 30.2 Å². The van der Waals surface area contributed by atoms with Gasteiger partial charge in [-0.2, -0.15) is 4.31 Å². The summed E-state index contributed by atoms with van der Waals surface area (Å²) in [5, 5.41) is -0.0738. The van der Waals surface area contributed by atoms with Crippen LogP contribution in [0.25, 0.3) is 0 Å². The quantitative estimate of drug-likeness (QED) is 0.509. The van der Waals surface area contributed by atoms with Crippen LogP contribution in [-0.2, 0) is 30.8 Å². The van der Waals surface area contributed by atoms with Gasteiger partial charge < -0.3 is 4.74 Å². The first-order valence-electron chi connectivity index (χ1n) is 9.94. The first-order valence-corrected chi connectivity index (χ1v) is 11.8. The molecule has 0 spiro atoms. The Hall–Kier alpha value is -2.49. The van der Waals surface area contributed by atoms with Gasteiger partial charge in [0.05, 0.1) is 7.11 Å². The Morgan fingerprint density at radius 2 is 1.84 bits per heavy atom. The summed E-state index contributed by atoms with van der Waals surface area (Å²) in [7, 11) is -2.49. The van der Waals surface area contributed by atoms with Crippen LogP contribution in [0.1, 0.15) is 18.4 Å². The molecule has 3 heterocycles. The molecule has 4 rings (SSSR count). The van der Waals surface area contributed by atoms with E-state index in [-0.39, 0.29) is 29.0 Å². The molecule has 0 aliphatic carbocycles. The summed E-state index contributed by atoms with van der Waals surface area (Å²) in [6, 6.07) is 9.65. The van der Waals surface area contributed by atoms with Gasteiger partial charge in [-0.1, -0.05) is 29.8 Å². The van der Waals surface area contributed by atoms with Gasteiger partial charge in [-0.15, -0.1) is 0 Å². The summed E-state index contributed by atoms with van der Waals surface area (Å²) in [6.45, 7) is 0.366. The Morgan fingerprint density at radius 3 is 2.52 bits per heavy atom. The Labute approximate surface area is 185 Å². The summed E-state index contributed by atoms with van der Waals surface area (Å²) in [5.74, 6) is -1.04. The second kappa shape index (κ2) is 8.57. The van der Waals surface area contributed by atoms with Gasteiger partial charge in [-0.05, 0) is 36.6 Å². The van der Waals surface area contributed by atoms with Crippen LogP contribution in [-0.4, -0.2) is 55.8 Å². The fourth-order valence-corrected chi connectivity index (χ4v) is 6.12. The number of hydrogen-bond donors (Lipinski definition) is 0. The Bertz CT molecular complexity index is 1120. The number of esters is 1. The summed E-state index contributed by atoms with van der Waals surface area (Å²) < 4.78 is 32.1. The number of anilines is 1. The second-order valence-corrected chi connectivity index (χ2v) is 9.82. The highest BCUT2D eigenvalue weighted by atomic mass is 35.5. The van der Waals surface area contributed by atoms with E-state index in [0.29, 0.717) is 24.9 Å². The molecule has 164 valence electrons. The molecule has 1 amide bonds. The Balaban J connectivity index is 1.51. The number of rotatable bonds is 4. The number of carbonyl (C=O) groups is 2. The maximum Gasteiger partial charge on any atom is 0.329 e. The third kappa shape index (κ3) is 3.93. The number of aromatic nitrogens is 1. The number of fused-ring (bicyclic) bond motifs is 1. The topological polar surface area (TPSA) is 96.9 Å². The molecule has 1 fully saturated rings. The number of nitrogens with zero attached hydrogens (tertiary/aromatic N) is 3. The first-order chi connectivity index (χ1) is 14.8. The number of pyridine rings is 1. The minimum absolute atomic E-state index is 0.0410. The average Bonchev–Trinajstić information content (AvgIpc) is 3.18. The number of para-hydroxylation sites is 1. The molecule has 0 radical (unpaired) electrons. The van der Waals surface area contributed by atoms with Gasteiger partial charge in [0.2, 0.25) is 15.9 Å². The van der Waals surface area contributed by atoms with Crippen molar-refractivity contribution in [2.24, 2.45) is 5.92 Å². The smallest absolute Gasteiger partial charge is 0.329 e. The van der Waals surface area contributed by atoms with Crippen LogP contribution in [0.15, 0.2) is 47.5 Å². The number of hydrogen-bond acceptors (Lipinski definition) is 6. The lowest BCUT2D eigenvalue weighted by Gasteiger charge is -2.34. The van der Waals surface area contributed by atoms with Gasteiger partial charge in [0.15, 0.2) is 0 Å². The molecule has 0 saturated carbocycles. The summed E-state index contributed by atoms with van der Waals surface area (Å²) >= 11 is 5.98. The van der Waals surface area contributed by atoms with E-state index < -0.39 is 28.0 Å². The van der Waals surface area contributed by atoms with Crippen LogP contribution >= 0.6 is 11.6 Å². The van der Waals surface area contributed by atoms with Crippen molar-refractivity contribution >= 4 is 39.2 Å². The number of benzene rings is 1. The number of piperidine rings is 1. The normalized spacial score (nSPS) is 19.8. The predicted octanol–water partition coefficient (Wildman–Crippen LogP) is 2.27. The molecule has 2 aliphatic heterocycles. The van der Waals surface area contributed by atoms with Crippen molar-refractivity contribution in [1.29, 1.82) is 0 Å². The molecule has 0 bridgehead atoms. The summed E-state index contributed by atoms with van der Waals surface area (Å²) in [5.41, 5.74) is 1.62. The maximum atomic E-state index is 13.4. The summed E-state index contributed by atoms with van der Waals surface area (Å²) in [6.07, 6.45) is 2.53. The molecule has 1 aromatic carbocycles. The highest BCUT2D eigenvalue weighted by Gasteiger charge is 2.42. The molecule has 2 aliphatic rings. The predicted molar refractivity (Wildman–Crippen MR) is 114 cm³/mol. The molecule has 1 saturated heterocycles. The van der Waals surface area contributed by atoms with Crippen LogP contribution < -0.4 is 4.90 Å². The molecule has 31 heavy (non-hydrogen) atoms. The van der Waals surface area contributed by atoms with E-state index >= 15 is 0 Å². The number of amides is 1. The fraction of sp³-hybridized carbons (Fsp3) is 0.381. The number of methoxy groups -OCH3 is 1.